The molecule has 0 aromatic carbocycles. The van der Waals surface area contributed by atoms with Crippen molar-refractivity contribution in [2.75, 3.05) is 66.1 Å². The summed E-state index contributed by atoms with van der Waals surface area (Å²) in [6.07, 6.45) is -83.1. The molecular weight excluding hydrogens is 1540 g/mol. The average Bonchev–Trinajstić information content (AvgIpc) is 0.765. The summed E-state index contributed by atoms with van der Waals surface area (Å²) in [7, 11) is 0. The zero-order valence-corrected chi connectivity index (χ0v) is 60.3. The smallest absolute Gasteiger partial charge is 0.217 e. The van der Waals surface area contributed by atoms with Gasteiger partial charge < -0.3 is 230 Å². The third kappa shape index (κ3) is 21.2. The van der Waals surface area contributed by atoms with Gasteiger partial charge in [0.05, 0.1) is 66.1 Å². The molecule has 8 heterocycles. The van der Waals surface area contributed by atoms with Crippen LogP contribution in [0.1, 0.15) is 27.7 Å². The Morgan fingerprint density at radius 2 is 0.554 bits per heavy atom. The molecule has 0 aromatic heterocycles. The van der Waals surface area contributed by atoms with Gasteiger partial charge in [-0.15, -0.1) is 0 Å². The summed E-state index contributed by atoms with van der Waals surface area (Å²) < 4.78 is 94.1. The number of hydrogen-bond acceptors (Lipinski definition) is 46. The fourth-order valence-corrected chi connectivity index (χ4v) is 14.1. The van der Waals surface area contributed by atoms with Gasteiger partial charge in [0, 0.05) is 27.7 Å². The molecular formula is C62H106N4O46. The largest absolute Gasteiger partial charge is 0.394 e. The van der Waals surface area contributed by atoms with E-state index in [-0.39, 0.29) is 0 Å². The number of hydrogen-bond donors (Lipinski definition) is 30. The van der Waals surface area contributed by atoms with Crippen LogP contribution < -0.4 is 21.3 Å². The summed E-state index contributed by atoms with van der Waals surface area (Å²) in [5, 5.41) is 294. The van der Waals surface area contributed by atoms with Crippen molar-refractivity contribution in [3.63, 3.8) is 0 Å². The van der Waals surface area contributed by atoms with Gasteiger partial charge in [0.15, 0.2) is 50.3 Å². The predicted octanol–water partition coefficient (Wildman–Crippen LogP) is -20.4. The third-order valence-electron chi connectivity index (χ3n) is 20.0. The molecule has 4 amide bonds. The van der Waals surface area contributed by atoms with Gasteiger partial charge in [-0.2, -0.15) is 0 Å². The van der Waals surface area contributed by atoms with Crippen molar-refractivity contribution in [3.05, 3.63) is 0 Å². The van der Waals surface area contributed by atoms with Crippen LogP contribution in [0.3, 0.4) is 0 Å². The molecule has 8 fully saturated rings. The van der Waals surface area contributed by atoms with Crippen LogP contribution in [0.25, 0.3) is 0 Å². The first-order valence-corrected chi connectivity index (χ1v) is 35.6. The summed E-state index contributed by atoms with van der Waals surface area (Å²) in [4.78, 5) is 51.5. The lowest BCUT2D eigenvalue weighted by Gasteiger charge is -2.51. The molecule has 8 saturated heterocycles. The third-order valence-corrected chi connectivity index (χ3v) is 20.0. The first kappa shape index (κ1) is 93.7. The molecule has 650 valence electrons. The van der Waals surface area contributed by atoms with Crippen LogP contribution in [0, 0.1) is 0 Å². The second-order valence-corrected chi connectivity index (χ2v) is 27.9. The molecule has 8 rings (SSSR count). The van der Waals surface area contributed by atoms with Crippen LogP contribution in [-0.2, 0) is 95.0 Å². The van der Waals surface area contributed by atoms with E-state index in [1.807, 2.05) is 0 Å². The van der Waals surface area contributed by atoms with E-state index in [2.05, 4.69) is 21.3 Å². The van der Waals surface area contributed by atoms with E-state index in [0.717, 1.165) is 27.7 Å². The van der Waals surface area contributed by atoms with E-state index >= 15 is 0 Å². The second-order valence-electron chi connectivity index (χ2n) is 27.9. The minimum atomic E-state index is -2.53. The number of amides is 4. The van der Waals surface area contributed by atoms with E-state index < -0.39 is 360 Å². The quantitative estimate of drug-likeness (QED) is 0.0290. The number of ether oxygens (including phenoxy) is 16. The number of aliphatic hydroxyl groups is 26. The van der Waals surface area contributed by atoms with Gasteiger partial charge in [-0.1, -0.05) is 0 Å². The fourth-order valence-electron chi connectivity index (χ4n) is 14.1. The second kappa shape index (κ2) is 41.7. The van der Waals surface area contributed by atoms with Gasteiger partial charge in [0.2, 0.25) is 23.6 Å². The maximum absolute atomic E-state index is 13.1. The molecule has 0 spiro atoms. The first-order chi connectivity index (χ1) is 53.0. The van der Waals surface area contributed by atoms with Gasteiger partial charge in [-0.3, -0.25) is 19.2 Å². The maximum atomic E-state index is 13.1. The molecule has 44 atom stereocenters. The molecule has 0 radical (unpaired) electrons. The Balaban J connectivity index is 1.11. The zero-order chi connectivity index (χ0) is 82.9. The monoisotopic (exact) mass is 1640 g/mol. The number of carbonyl (C=O) groups is 4. The Hall–Kier alpha value is -3.80. The van der Waals surface area contributed by atoms with Crippen molar-refractivity contribution in [1.29, 1.82) is 0 Å². The van der Waals surface area contributed by atoms with Crippen molar-refractivity contribution in [3.8, 4) is 0 Å². The Kier molecular flexibility index (Phi) is 34.9. The van der Waals surface area contributed by atoms with Crippen LogP contribution in [0.5, 0.6) is 0 Å². The highest BCUT2D eigenvalue weighted by Crippen LogP contribution is 2.39. The molecule has 50 nitrogen and oxygen atoms in total. The highest BCUT2D eigenvalue weighted by atomic mass is 16.8. The molecule has 0 bridgehead atoms. The topological polar surface area (TPSA) is 790 Å². The first-order valence-electron chi connectivity index (χ1n) is 35.6. The number of rotatable bonds is 33. The van der Waals surface area contributed by atoms with Crippen LogP contribution in [0.2, 0.25) is 0 Å². The van der Waals surface area contributed by atoms with Gasteiger partial charge in [0.1, 0.15) is 219 Å². The standard InChI is InChI=1S/C62H106N4O46/c1-15(76)63-29-39(88)34(83)21(7-69)98-56(29)107-49-25(11-73)102-55(30(40(49)89)64-16(2)77)97-14-28-38(87)54(111-58-32(66-18(4)79)41(90)50(26(12-74)104-58)108-61-46(95)53(37(86)24(10-72)101-61)112-59-44(93)43(92)35(84)22(8-70)99-59)47(96)62(105-28)109-51-27(13-75)103-57(31(42(51)91)65-17(3)78)110-52-36(85)23(9-71)100-60(45(52)94)106-48(20(81)6-68)33(82)19(80)5-67/h19-62,67-75,80-96H,5-14H2,1-4H3,(H,63,76)(H,64,77)(H,65,78)(H,66,79)/t19-,20+,21+,22+,23+,24+,25+,26+,27+,28+,29+,30+,31+,32+,33+,34-,35-,36-,37-,38-,39+,40+,41+,42+,43-,44+,45+,46+,47+,48+,49+,50+,51+,52-,53-,54-,55+,56-,57-,58-,59+,60-,61-,62-/m0/s1. The van der Waals surface area contributed by atoms with Crippen LogP contribution in [0.4, 0.5) is 0 Å². The van der Waals surface area contributed by atoms with Gasteiger partial charge in [-0.05, 0) is 0 Å². The van der Waals surface area contributed by atoms with Crippen LogP contribution >= 0.6 is 0 Å². The molecule has 30 N–H and O–H groups in total. The number of nitrogens with one attached hydrogen (secondary N) is 4. The van der Waals surface area contributed by atoms with E-state index in [1.54, 1.807) is 0 Å². The molecule has 8 aliphatic rings. The molecule has 0 saturated carbocycles. The summed E-state index contributed by atoms with van der Waals surface area (Å²) in [6, 6.07) is -7.54. The SMILES string of the molecule is CC(=O)N[C@H]1[C@H](O[C@H]2[C@@H](O)[C@@H](CO)O[C@@H](O[C@@H]([C@H](O)[C@@H](O)CO)[C@H](O)CO)[C@@H]2O)O[C@H](CO)[C@@H](O[C@@H]2O[C@H](CO[C@@H]3O[C@H](CO)[C@@H](O[C@@H]4O[C@H](CO)[C@H](O)[C@H](O)[C@H]4NC(C)=O)[C@H](O)[C@H]3NC(C)=O)[C@H](O)[C@H](O[C@@H]3O[C@H](CO)[C@@H](O[C@@H]4O[C@H](CO)[C@H](O)[C@H](O[C@H]5O[C@H](CO)[C@H](O)[C@H](O)[C@H]5O)[C@H]4O)[C@H](O)[C@H]3NC(C)=O)[C@H]2O)[C@@H]1O. The van der Waals surface area contributed by atoms with Crippen molar-refractivity contribution >= 4 is 23.6 Å². The average molecular weight is 1640 g/mol. The van der Waals surface area contributed by atoms with E-state index in [4.69, 9.17) is 75.8 Å². The molecule has 50 heteroatoms. The van der Waals surface area contributed by atoms with Gasteiger partial charge in [-0.25, -0.2) is 0 Å². The molecule has 0 unspecified atom stereocenters. The highest BCUT2D eigenvalue weighted by Gasteiger charge is 2.61. The lowest BCUT2D eigenvalue weighted by molar-refractivity contribution is -0.390. The van der Waals surface area contributed by atoms with E-state index in [0.29, 0.717) is 0 Å². The number of aliphatic hydroxyl groups excluding tert-OH is 26. The lowest BCUT2D eigenvalue weighted by atomic mass is 9.93. The van der Waals surface area contributed by atoms with Gasteiger partial charge >= 0.3 is 0 Å². The van der Waals surface area contributed by atoms with E-state index in [1.165, 1.54) is 0 Å². The minimum Gasteiger partial charge on any atom is -0.394 e. The zero-order valence-electron chi connectivity index (χ0n) is 60.3. The molecule has 0 aliphatic carbocycles. The molecule has 0 aromatic rings. The summed E-state index contributed by atoms with van der Waals surface area (Å²) in [5.41, 5.74) is 0. The Bertz CT molecular complexity index is 2920. The maximum Gasteiger partial charge on any atom is 0.217 e. The Labute approximate surface area is 634 Å². The Morgan fingerprint density at radius 3 is 0.929 bits per heavy atom. The molecule has 112 heavy (non-hydrogen) atoms. The van der Waals surface area contributed by atoms with Crippen molar-refractivity contribution in [2.45, 2.75) is 298 Å². The number of carbonyl (C=O) groups excluding carboxylic acids is 4. The van der Waals surface area contributed by atoms with Crippen LogP contribution in [-0.4, -0.2) is 492 Å². The van der Waals surface area contributed by atoms with Crippen molar-refractivity contribution < 1.29 is 228 Å². The normalized spacial score (nSPS) is 45.9. The summed E-state index contributed by atoms with van der Waals surface area (Å²) in [6.45, 7) is -7.27. The predicted molar refractivity (Wildman–Crippen MR) is 346 cm³/mol. The van der Waals surface area contributed by atoms with Crippen molar-refractivity contribution in [2.24, 2.45) is 0 Å². The lowest BCUT2D eigenvalue weighted by Crippen LogP contribution is -2.71. The van der Waals surface area contributed by atoms with E-state index in [9.17, 15) is 152 Å². The Morgan fingerprint density at radius 1 is 0.286 bits per heavy atom. The summed E-state index contributed by atoms with van der Waals surface area (Å²) >= 11 is 0. The van der Waals surface area contributed by atoms with Crippen molar-refractivity contribution in [1.82, 2.24) is 21.3 Å². The summed E-state index contributed by atoms with van der Waals surface area (Å²) in [5.74, 6) is -3.71. The van der Waals surface area contributed by atoms with Crippen LogP contribution in [0.15, 0.2) is 0 Å². The highest BCUT2D eigenvalue weighted by molar-refractivity contribution is 5.74. The molecule has 8 aliphatic heterocycles. The minimum absolute atomic E-state index is 0.796. The fraction of sp³-hybridized carbons (Fsp3) is 0.935. The van der Waals surface area contributed by atoms with Gasteiger partial charge in [0.25, 0.3) is 0 Å².